The number of thioether (sulfide) groups is 2. The maximum atomic E-state index is 11.2. The van der Waals surface area contributed by atoms with Gasteiger partial charge in [-0.3, -0.25) is 4.79 Å². The van der Waals surface area contributed by atoms with E-state index in [0.717, 1.165) is 15.1 Å². The predicted molar refractivity (Wildman–Crippen MR) is 62.3 cm³/mol. The monoisotopic (exact) mass is 248 g/mol. The molecule has 0 atom stereocenters. The van der Waals surface area contributed by atoms with Gasteiger partial charge in [0.1, 0.15) is 5.78 Å². The molecule has 0 N–H and O–H groups in total. The Labute approximate surface area is 96.1 Å². The van der Waals surface area contributed by atoms with Gasteiger partial charge in [-0.05, 0) is 12.7 Å². The van der Waals surface area contributed by atoms with Gasteiger partial charge in [0.2, 0.25) is 0 Å². The lowest BCUT2D eigenvalue weighted by Crippen LogP contribution is -1.99. The molecular weight excluding hydrogens is 236 g/mol. The fraction of sp³-hybridized carbons (Fsp3) is 0.625. The first kappa shape index (κ1) is 12.0. The molecule has 1 aromatic heterocycles. The topological polar surface area (TPSA) is 42.9 Å². The molecule has 6 heteroatoms. The molecule has 3 nitrogen and oxygen atoms in total. The van der Waals surface area contributed by atoms with Gasteiger partial charge in [0, 0.05) is 6.42 Å². The Kier molecular flexibility index (Phi) is 5.50. The highest BCUT2D eigenvalue weighted by Crippen LogP contribution is 2.27. The van der Waals surface area contributed by atoms with Crippen LogP contribution in [0.3, 0.4) is 0 Å². The smallest absolute Gasteiger partial charge is 0.175 e. The van der Waals surface area contributed by atoms with E-state index in [9.17, 15) is 4.79 Å². The lowest BCUT2D eigenvalue weighted by Gasteiger charge is -1.94. The molecule has 0 aliphatic rings. The van der Waals surface area contributed by atoms with Crippen LogP contribution in [0.25, 0.3) is 0 Å². The second kappa shape index (κ2) is 6.42. The molecule has 0 radical (unpaired) electrons. The van der Waals surface area contributed by atoms with Crippen molar-refractivity contribution in [2.45, 2.75) is 28.4 Å². The average molecular weight is 248 g/mol. The van der Waals surface area contributed by atoms with E-state index in [0.29, 0.717) is 18.0 Å². The van der Waals surface area contributed by atoms with Crippen molar-refractivity contribution in [2.75, 3.05) is 12.0 Å². The van der Waals surface area contributed by atoms with Gasteiger partial charge in [-0.25, -0.2) is 0 Å². The summed E-state index contributed by atoms with van der Waals surface area (Å²) in [5.74, 6) is 0.815. The lowest BCUT2D eigenvalue weighted by molar-refractivity contribution is -0.116. The van der Waals surface area contributed by atoms with Crippen LogP contribution in [0.2, 0.25) is 0 Å². The molecule has 1 heterocycles. The van der Waals surface area contributed by atoms with Crippen LogP contribution in [-0.4, -0.2) is 28.0 Å². The number of ketones is 1. The molecule has 0 fully saturated rings. The highest BCUT2D eigenvalue weighted by molar-refractivity contribution is 8.03. The summed E-state index contributed by atoms with van der Waals surface area (Å²) in [5.41, 5.74) is 0. The van der Waals surface area contributed by atoms with Crippen LogP contribution in [0.4, 0.5) is 0 Å². The molecule has 0 unspecified atom stereocenters. The van der Waals surface area contributed by atoms with E-state index >= 15 is 0 Å². The van der Waals surface area contributed by atoms with Gasteiger partial charge in [0.25, 0.3) is 0 Å². The van der Waals surface area contributed by atoms with Crippen LogP contribution < -0.4 is 0 Å². The number of hydrogen-bond donors (Lipinski definition) is 0. The Hall–Kier alpha value is -0.0700. The minimum Gasteiger partial charge on any atom is -0.299 e. The summed E-state index contributed by atoms with van der Waals surface area (Å²) >= 11 is 4.61. The third kappa shape index (κ3) is 3.98. The number of carbonyl (C=O) groups excluding carboxylic acids is 1. The van der Waals surface area contributed by atoms with Gasteiger partial charge < -0.3 is 0 Å². The van der Waals surface area contributed by atoms with Gasteiger partial charge >= 0.3 is 0 Å². The molecule has 0 spiro atoms. The van der Waals surface area contributed by atoms with Gasteiger partial charge in [-0.15, -0.1) is 10.2 Å². The van der Waals surface area contributed by atoms with Gasteiger partial charge in [-0.2, -0.15) is 0 Å². The summed E-state index contributed by atoms with van der Waals surface area (Å²) in [6.45, 7) is 2.01. The van der Waals surface area contributed by atoms with Crippen LogP contribution in [0, 0.1) is 0 Å². The molecule has 1 aromatic rings. The van der Waals surface area contributed by atoms with Gasteiger partial charge in [-0.1, -0.05) is 41.8 Å². The Balaban J connectivity index is 2.34. The van der Waals surface area contributed by atoms with Crippen molar-refractivity contribution in [3.8, 4) is 0 Å². The molecule has 0 saturated heterocycles. The SMILES string of the molecule is CCCC(=O)CSc1nnc(SC)s1. The van der Waals surface area contributed by atoms with Crippen molar-refractivity contribution in [1.29, 1.82) is 0 Å². The van der Waals surface area contributed by atoms with Crippen LogP contribution in [0.5, 0.6) is 0 Å². The molecule has 0 aromatic carbocycles. The normalized spacial score (nSPS) is 10.4. The number of hydrogen-bond acceptors (Lipinski definition) is 6. The summed E-state index contributed by atoms with van der Waals surface area (Å²) in [7, 11) is 0. The van der Waals surface area contributed by atoms with Crippen LogP contribution in [-0.2, 0) is 4.79 Å². The number of aromatic nitrogens is 2. The van der Waals surface area contributed by atoms with Crippen molar-refractivity contribution in [3.63, 3.8) is 0 Å². The van der Waals surface area contributed by atoms with Crippen molar-refractivity contribution in [3.05, 3.63) is 0 Å². The van der Waals surface area contributed by atoms with Crippen molar-refractivity contribution < 1.29 is 4.79 Å². The number of nitrogens with zero attached hydrogens (tertiary/aromatic N) is 2. The largest absolute Gasteiger partial charge is 0.299 e. The molecule has 0 aliphatic heterocycles. The zero-order valence-corrected chi connectivity index (χ0v) is 10.6. The summed E-state index contributed by atoms with van der Waals surface area (Å²) in [5, 5.41) is 7.94. The van der Waals surface area contributed by atoms with E-state index in [1.165, 1.54) is 11.8 Å². The second-order valence-electron chi connectivity index (χ2n) is 2.62. The summed E-state index contributed by atoms with van der Waals surface area (Å²) < 4.78 is 1.84. The fourth-order valence-electron chi connectivity index (χ4n) is 0.831. The van der Waals surface area contributed by atoms with Crippen LogP contribution in [0.1, 0.15) is 19.8 Å². The molecule has 1 rings (SSSR count). The Morgan fingerprint density at radius 1 is 1.43 bits per heavy atom. The Morgan fingerprint density at radius 3 is 2.71 bits per heavy atom. The minimum absolute atomic E-state index is 0.290. The maximum absolute atomic E-state index is 11.2. The van der Waals surface area contributed by atoms with Gasteiger partial charge in [0.05, 0.1) is 5.75 Å². The second-order valence-corrected chi connectivity index (χ2v) is 5.87. The highest BCUT2D eigenvalue weighted by Gasteiger charge is 2.06. The van der Waals surface area contributed by atoms with Crippen molar-refractivity contribution >= 4 is 40.6 Å². The van der Waals surface area contributed by atoms with E-state index in [-0.39, 0.29) is 0 Å². The van der Waals surface area contributed by atoms with E-state index < -0.39 is 0 Å². The number of carbonyl (C=O) groups is 1. The van der Waals surface area contributed by atoms with E-state index in [2.05, 4.69) is 10.2 Å². The summed E-state index contributed by atoms with van der Waals surface area (Å²) in [6, 6.07) is 0. The quantitative estimate of drug-likeness (QED) is 0.724. The van der Waals surface area contributed by atoms with Crippen molar-refractivity contribution in [2.24, 2.45) is 0 Å². The molecule has 14 heavy (non-hydrogen) atoms. The average Bonchev–Trinajstić information content (AvgIpc) is 2.63. The van der Waals surface area contributed by atoms with Crippen LogP contribution in [0.15, 0.2) is 8.68 Å². The Bertz CT molecular complexity index is 301. The standard InChI is InChI=1S/C8H12N2OS3/c1-3-4-6(11)5-13-8-10-9-7(12-2)14-8/h3-5H2,1-2H3. The molecule has 78 valence electrons. The molecule has 0 saturated carbocycles. The minimum atomic E-state index is 0.290. The highest BCUT2D eigenvalue weighted by atomic mass is 32.2. The van der Waals surface area contributed by atoms with E-state index in [1.807, 2.05) is 13.2 Å². The zero-order valence-electron chi connectivity index (χ0n) is 8.15. The molecule has 0 amide bonds. The summed E-state index contributed by atoms with van der Waals surface area (Å²) in [6.07, 6.45) is 3.56. The van der Waals surface area contributed by atoms with Crippen LogP contribution >= 0.6 is 34.9 Å². The maximum Gasteiger partial charge on any atom is 0.175 e. The van der Waals surface area contributed by atoms with Crippen molar-refractivity contribution in [1.82, 2.24) is 10.2 Å². The fourth-order valence-corrected chi connectivity index (χ4v) is 3.17. The summed E-state index contributed by atoms with van der Waals surface area (Å²) in [4.78, 5) is 11.2. The molecule has 0 bridgehead atoms. The third-order valence-electron chi connectivity index (χ3n) is 1.45. The first-order valence-corrected chi connectivity index (χ1v) is 7.31. The molecular formula is C8H12N2OS3. The first-order chi connectivity index (χ1) is 6.76. The molecule has 0 aliphatic carbocycles. The zero-order chi connectivity index (χ0) is 10.4. The third-order valence-corrected chi connectivity index (χ3v) is 4.54. The first-order valence-electron chi connectivity index (χ1n) is 4.28. The van der Waals surface area contributed by atoms with E-state index in [1.54, 1.807) is 23.1 Å². The number of Topliss-reactive ketones (excluding diaryl/α,β-unsaturated/α-hetero) is 1. The lowest BCUT2D eigenvalue weighted by atomic mass is 10.3. The van der Waals surface area contributed by atoms with Gasteiger partial charge in [0.15, 0.2) is 8.68 Å². The number of rotatable bonds is 6. The predicted octanol–water partition coefficient (Wildman–Crippen LogP) is 2.72. The Morgan fingerprint density at radius 2 is 2.14 bits per heavy atom. The van der Waals surface area contributed by atoms with E-state index in [4.69, 9.17) is 0 Å².